The number of carbonyl (C=O) groups is 1. The number of likely N-dealkylation sites (tertiary alicyclic amines) is 1. The minimum Gasteiger partial charge on any atom is -0.379 e. The third kappa shape index (κ3) is 4.58. The van der Waals surface area contributed by atoms with Gasteiger partial charge < -0.3 is 9.64 Å². The fraction of sp³-hybridized carbons (Fsp3) is 0.500. The third-order valence-electron chi connectivity index (χ3n) is 6.09. The van der Waals surface area contributed by atoms with E-state index in [0.29, 0.717) is 12.5 Å². The molecule has 2 aliphatic heterocycles. The van der Waals surface area contributed by atoms with Crippen LogP contribution in [0.2, 0.25) is 0 Å². The highest BCUT2D eigenvalue weighted by Crippen LogP contribution is 2.24. The number of aryl methyl sites for hydroxylation is 1. The topological polar surface area (TPSA) is 84.3 Å². The first-order valence-electron chi connectivity index (χ1n) is 10.8. The predicted octanol–water partition coefficient (Wildman–Crippen LogP) is 2.32. The zero-order valence-corrected chi connectivity index (χ0v) is 18.5. The molecule has 5 heterocycles. The summed E-state index contributed by atoms with van der Waals surface area (Å²) in [4.78, 5) is 26.6. The highest BCUT2D eigenvalue weighted by molar-refractivity contribution is 7.14. The van der Waals surface area contributed by atoms with Crippen molar-refractivity contribution < 1.29 is 9.53 Å². The van der Waals surface area contributed by atoms with Crippen molar-refractivity contribution in [3.05, 3.63) is 35.1 Å². The Morgan fingerprint density at radius 3 is 2.71 bits per heavy atom. The van der Waals surface area contributed by atoms with Crippen LogP contribution in [0.4, 0.5) is 0 Å². The number of ether oxygens (including phenoxy) is 1. The van der Waals surface area contributed by atoms with Crippen LogP contribution in [-0.2, 0) is 16.0 Å². The molecule has 2 aliphatic rings. The van der Waals surface area contributed by atoms with Gasteiger partial charge in [-0.25, -0.2) is 4.98 Å². The Morgan fingerprint density at radius 2 is 1.97 bits per heavy atom. The van der Waals surface area contributed by atoms with Crippen molar-refractivity contribution >= 4 is 28.1 Å². The minimum atomic E-state index is 0.142. The van der Waals surface area contributed by atoms with Gasteiger partial charge in [0.15, 0.2) is 5.01 Å². The van der Waals surface area contributed by atoms with Gasteiger partial charge in [-0.2, -0.15) is 0 Å². The lowest BCUT2D eigenvalue weighted by Gasteiger charge is -2.40. The molecule has 0 atom stereocenters. The molecule has 0 aromatic carbocycles. The number of pyridine rings is 2. The molecule has 0 unspecified atom stereocenters. The van der Waals surface area contributed by atoms with Gasteiger partial charge in [-0.15, -0.1) is 10.2 Å². The summed E-state index contributed by atoms with van der Waals surface area (Å²) < 4.78 is 5.46. The zero-order chi connectivity index (χ0) is 21.2. The van der Waals surface area contributed by atoms with E-state index in [1.54, 1.807) is 6.20 Å². The van der Waals surface area contributed by atoms with Crippen LogP contribution in [0.1, 0.15) is 23.5 Å². The first kappa shape index (κ1) is 20.4. The summed E-state index contributed by atoms with van der Waals surface area (Å²) in [5.74, 6) is 0.142. The number of hydrogen-bond donors (Lipinski definition) is 0. The molecule has 0 bridgehead atoms. The molecule has 2 saturated heterocycles. The minimum absolute atomic E-state index is 0.142. The monoisotopic (exact) mass is 438 g/mol. The van der Waals surface area contributed by atoms with Crippen LogP contribution < -0.4 is 0 Å². The maximum atomic E-state index is 12.9. The average Bonchev–Trinajstić information content (AvgIpc) is 3.25. The first-order valence-corrected chi connectivity index (χ1v) is 11.6. The van der Waals surface area contributed by atoms with Gasteiger partial charge in [0.1, 0.15) is 10.7 Å². The second kappa shape index (κ2) is 8.94. The van der Waals surface area contributed by atoms with Gasteiger partial charge in [0.2, 0.25) is 5.91 Å². The lowest BCUT2D eigenvalue weighted by Crippen LogP contribution is -2.50. The van der Waals surface area contributed by atoms with Gasteiger partial charge in [0.05, 0.1) is 30.8 Å². The summed E-state index contributed by atoms with van der Waals surface area (Å²) in [7, 11) is 0. The van der Waals surface area contributed by atoms with E-state index in [9.17, 15) is 4.79 Å². The van der Waals surface area contributed by atoms with Crippen LogP contribution in [0.5, 0.6) is 0 Å². The Morgan fingerprint density at radius 1 is 1.16 bits per heavy atom. The molecule has 3 aromatic rings. The average molecular weight is 439 g/mol. The fourth-order valence-corrected chi connectivity index (χ4v) is 5.02. The Balaban J connectivity index is 1.24. The molecule has 9 heteroatoms. The summed E-state index contributed by atoms with van der Waals surface area (Å²) in [6.07, 6.45) is 4.17. The van der Waals surface area contributed by atoms with Crippen molar-refractivity contribution in [1.82, 2.24) is 30.0 Å². The van der Waals surface area contributed by atoms with Gasteiger partial charge in [0, 0.05) is 43.8 Å². The van der Waals surface area contributed by atoms with Crippen molar-refractivity contribution in [2.45, 2.75) is 32.2 Å². The van der Waals surface area contributed by atoms with Gasteiger partial charge >= 0.3 is 0 Å². The van der Waals surface area contributed by atoms with Crippen LogP contribution in [0.25, 0.3) is 21.6 Å². The van der Waals surface area contributed by atoms with Crippen molar-refractivity contribution in [3.8, 4) is 10.7 Å². The fourth-order valence-electron chi connectivity index (χ4n) is 4.36. The second-order valence-corrected chi connectivity index (χ2v) is 9.31. The van der Waals surface area contributed by atoms with Crippen LogP contribution in [0.3, 0.4) is 0 Å². The zero-order valence-electron chi connectivity index (χ0n) is 17.7. The number of hydrogen-bond acceptors (Lipinski definition) is 8. The highest BCUT2D eigenvalue weighted by Gasteiger charge is 2.27. The molecule has 0 radical (unpaired) electrons. The van der Waals surface area contributed by atoms with E-state index in [-0.39, 0.29) is 5.91 Å². The highest BCUT2D eigenvalue weighted by atomic mass is 32.1. The molecule has 3 aromatic heterocycles. The van der Waals surface area contributed by atoms with Crippen LogP contribution >= 0.6 is 11.3 Å². The number of nitrogens with zero attached hydrogens (tertiary/aromatic N) is 6. The van der Waals surface area contributed by atoms with Crippen LogP contribution in [0.15, 0.2) is 24.4 Å². The Kier molecular flexibility index (Phi) is 5.89. The smallest absolute Gasteiger partial charge is 0.228 e. The number of amides is 1. The number of piperidine rings is 1. The van der Waals surface area contributed by atoms with Gasteiger partial charge in [0.25, 0.3) is 0 Å². The molecule has 2 fully saturated rings. The number of morpholine rings is 1. The van der Waals surface area contributed by atoms with E-state index in [1.165, 1.54) is 11.3 Å². The van der Waals surface area contributed by atoms with E-state index in [1.807, 2.05) is 30.0 Å². The Hall–Kier alpha value is -2.49. The molecule has 162 valence electrons. The maximum absolute atomic E-state index is 12.9. The predicted molar refractivity (Wildman–Crippen MR) is 119 cm³/mol. The molecule has 31 heavy (non-hydrogen) atoms. The van der Waals surface area contributed by atoms with Crippen LogP contribution in [0, 0.1) is 6.92 Å². The molecular formula is C22H26N6O2S. The number of carbonyl (C=O) groups excluding carboxylic acids is 1. The van der Waals surface area contributed by atoms with Crippen LogP contribution in [-0.4, -0.2) is 81.3 Å². The van der Waals surface area contributed by atoms with Gasteiger partial charge in [-0.3, -0.25) is 14.7 Å². The van der Waals surface area contributed by atoms with Crippen molar-refractivity contribution in [2.24, 2.45) is 0 Å². The molecule has 0 spiro atoms. The second-order valence-electron chi connectivity index (χ2n) is 8.13. The molecule has 0 aliphatic carbocycles. The molecule has 0 N–H and O–H groups in total. The first-order chi connectivity index (χ1) is 15.2. The third-order valence-corrected chi connectivity index (χ3v) is 6.95. The summed E-state index contributed by atoms with van der Waals surface area (Å²) in [6, 6.07) is 6.42. The number of rotatable bonds is 4. The van der Waals surface area contributed by atoms with E-state index < -0.39 is 0 Å². The summed E-state index contributed by atoms with van der Waals surface area (Å²) in [5.41, 5.74) is 2.38. The lowest BCUT2D eigenvalue weighted by atomic mass is 10.0. The summed E-state index contributed by atoms with van der Waals surface area (Å²) in [6.45, 7) is 7.21. The summed E-state index contributed by atoms with van der Waals surface area (Å²) in [5, 5.41) is 10.9. The molecule has 0 saturated carbocycles. The van der Waals surface area contributed by atoms with E-state index in [4.69, 9.17) is 9.72 Å². The van der Waals surface area contributed by atoms with Crippen molar-refractivity contribution in [2.75, 3.05) is 39.4 Å². The molecular weight excluding hydrogens is 412 g/mol. The molecule has 1 amide bonds. The standard InChI is InChI=1S/C22H26N6O2S/c1-15-25-26-22(31-15)19-3-2-16-14-23-17(12-20(16)24-19)13-21(29)28-6-4-18(5-7-28)27-8-10-30-11-9-27/h2-3,12,14,18H,4-11,13H2,1H3. The van der Waals surface area contributed by atoms with E-state index >= 15 is 0 Å². The number of fused-ring (bicyclic) bond motifs is 1. The normalized spacial score (nSPS) is 18.5. The lowest BCUT2D eigenvalue weighted by molar-refractivity contribution is -0.132. The van der Waals surface area contributed by atoms with Crippen molar-refractivity contribution in [3.63, 3.8) is 0 Å². The largest absolute Gasteiger partial charge is 0.379 e. The van der Waals surface area contributed by atoms with E-state index in [0.717, 1.165) is 84.5 Å². The van der Waals surface area contributed by atoms with Gasteiger partial charge in [-0.05, 0) is 38.0 Å². The Bertz CT molecular complexity index is 1070. The SMILES string of the molecule is Cc1nnc(-c2ccc3cnc(CC(=O)N4CCC(N5CCOCC5)CC4)cc3n2)s1. The van der Waals surface area contributed by atoms with Gasteiger partial charge in [-0.1, -0.05) is 11.3 Å². The molecule has 8 nitrogen and oxygen atoms in total. The Labute approximate surface area is 185 Å². The van der Waals surface area contributed by atoms with E-state index in [2.05, 4.69) is 20.1 Å². The maximum Gasteiger partial charge on any atom is 0.228 e. The summed E-state index contributed by atoms with van der Waals surface area (Å²) >= 11 is 1.52. The molecule has 5 rings (SSSR count). The van der Waals surface area contributed by atoms with Crippen molar-refractivity contribution in [1.29, 1.82) is 0 Å². The number of aromatic nitrogens is 4. The quantitative estimate of drug-likeness (QED) is 0.618.